The van der Waals surface area contributed by atoms with Crippen LogP contribution in [0.25, 0.3) is 5.76 Å². The number of thioether (sulfide) groups is 1. The van der Waals surface area contributed by atoms with Gasteiger partial charge in [0, 0.05) is 16.3 Å². The lowest BCUT2D eigenvalue weighted by molar-refractivity contribution is -0.132. The summed E-state index contributed by atoms with van der Waals surface area (Å²) in [4.78, 5) is 28.4. The van der Waals surface area contributed by atoms with Crippen molar-refractivity contribution in [2.45, 2.75) is 42.8 Å². The topological polar surface area (TPSA) is 92.6 Å². The number of benzene rings is 3. The molecule has 1 fully saturated rings. The largest absolute Gasteiger partial charge is 0.507 e. The molecule has 3 aromatic carbocycles. The zero-order valence-corrected chi connectivity index (χ0v) is 24.9. The highest BCUT2D eigenvalue weighted by Gasteiger charge is 2.48. The second kappa shape index (κ2) is 12.9. The summed E-state index contributed by atoms with van der Waals surface area (Å²) in [5.41, 5.74) is 3.01. The standard InChI is InChI=1S/C31H28ClN3O4S2/c1-3-4-16-39-23-10-7-9-21(17-23)26-25(27(36)20-14-12-19(2)13-15-20)28(37)29(38)35(26)30-33-34-31(41-30)40-18-22-8-5-6-11-24(22)32/h5-15,17,26,36H,3-4,16,18H2,1-2H3/b27-25+. The average Bonchev–Trinajstić information content (AvgIpc) is 3.55. The maximum Gasteiger partial charge on any atom is 0.301 e. The molecule has 1 amide bonds. The van der Waals surface area contributed by atoms with Crippen LogP contribution in [0.5, 0.6) is 5.75 Å². The van der Waals surface area contributed by atoms with Crippen molar-refractivity contribution >= 4 is 57.3 Å². The number of rotatable bonds is 10. The molecule has 5 rings (SSSR count). The fourth-order valence-corrected chi connectivity index (χ4v) is 6.59. The number of anilines is 1. The Morgan fingerprint density at radius 2 is 1.85 bits per heavy atom. The third kappa shape index (κ3) is 6.32. The Bertz CT molecular complexity index is 1600. The van der Waals surface area contributed by atoms with Crippen LogP contribution in [0.1, 0.15) is 48.1 Å². The molecule has 1 atom stereocenters. The molecule has 0 spiro atoms. The number of aliphatic hydroxyl groups excluding tert-OH is 1. The number of aryl methyl sites for hydroxylation is 1. The first-order chi connectivity index (χ1) is 19.9. The molecule has 7 nitrogen and oxygen atoms in total. The van der Waals surface area contributed by atoms with E-state index in [4.69, 9.17) is 16.3 Å². The van der Waals surface area contributed by atoms with Gasteiger partial charge in [0.05, 0.1) is 18.2 Å². The molecule has 1 N–H and O–H groups in total. The number of hydrogen-bond acceptors (Lipinski definition) is 8. The molecule has 0 aliphatic carbocycles. The van der Waals surface area contributed by atoms with E-state index in [0.29, 0.717) is 38.6 Å². The van der Waals surface area contributed by atoms with Gasteiger partial charge in [-0.1, -0.05) is 108 Å². The van der Waals surface area contributed by atoms with Crippen molar-refractivity contribution in [2.24, 2.45) is 0 Å². The lowest BCUT2D eigenvalue weighted by atomic mass is 9.95. The highest BCUT2D eigenvalue weighted by molar-refractivity contribution is 8.00. The van der Waals surface area contributed by atoms with Crippen LogP contribution in [0, 0.1) is 6.92 Å². The number of carbonyl (C=O) groups excluding carboxylic acids is 2. The summed E-state index contributed by atoms with van der Waals surface area (Å²) in [6.45, 7) is 4.57. The number of ether oxygens (including phenoxy) is 1. The fourth-order valence-electron chi connectivity index (χ4n) is 4.43. The Morgan fingerprint density at radius 1 is 1.07 bits per heavy atom. The van der Waals surface area contributed by atoms with Crippen LogP contribution in [0.2, 0.25) is 5.02 Å². The minimum Gasteiger partial charge on any atom is -0.507 e. The van der Waals surface area contributed by atoms with Crippen LogP contribution in [-0.2, 0) is 15.3 Å². The highest BCUT2D eigenvalue weighted by atomic mass is 35.5. The maximum absolute atomic E-state index is 13.5. The normalized spacial score (nSPS) is 16.4. The predicted octanol–water partition coefficient (Wildman–Crippen LogP) is 7.60. The van der Waals surface area contributed by atoms with E-state index in [1.807, 2.05) is 61.5 Å². The van der Waals surface area contributed by atoms with Crippen LogP contribution >= 0.6 is 34.7 Å². The lowest BCUT2D eigenvalue weighted by Gasteiger charge is -2.23. The van der Waals surface area contributed by atoms with Crippen molar-refractivity contribution in [3.63, 3.8) is 0 Å². The lowest BCUT2D eigenvalue weighted by Crippen LogP contribution is -2.29. The smallest absolute Gasteiger partial charge is 0.301 e. The summed E-state index contributed by atoms with van der Waals surface area (Å²) in [6.07, 6.45) is 1.89. The Balaban J connectivity index is 1.54. The molecular weight excluding hydrogens is 578 g/mol. The number of aromatic nitrogens is 2. The van der Waals surface area contributed by atoms with Crippen LogP contribution in [0.15, 0.2) is 82.7 Å². The van der Waals surface area contributed by atoms with Gasteiger partial charge in [0.15, 0.2) is 4.34 Å². The number of hydrogen-bond donors (Lipinski definition) is 1. The number of unbranched alkanes of at least 4 members (excludes halogenated alkanes) is 1. The van der Waals surface area contributed by atoms with Crippen molar-refractivity contribution in [1.82, 2.24) is 10.2 Å². The molecule has 1 aromatic heterocycles. The molecule has 4 aromatic rings. The van der Waals surface area contributed by atoms with E-state index in [1.165, 1.54) is 28.0 Å². The SMILES string of the molecule is CCCCOc1cccc(C2/C(=C(\O)c3ccc(C)cc3)C(=O)C(=O)N2c2nnc(SCc3ccccc3Cl)s2)c1. The van der Waals surface area contributed by atoms with Gasteiger partial charge in [0.25, 0.3) is 5.78 Å². The van der Waals surface area contributed by atoms with E-state index >= 15 is 0 Å². The van der Waals surface area contributed by atoms with Gasteiger partial charge in [-0.15, -0.1) is 10.2 Å². The molecule has 0 radical (unpaired) electrons. The zero-order valence-electron chi connectivity index (χ0n) is 22.5. The van der Waals surface area contributed by atoms with Gasteiger partial charge < -0.3 is 9.84 Å². The van der Waals surface area contributed by atoms with E-state index in [9.17, 15) is 14.7 Å². The first-order valence-corrected chi connectivity index (χ1v) is 15.4. The van der Waals surface area contributed by atoms with Gasteiger partial charge in [-0.05, 0) is 42.7 Å². The summed E-state index contributed by atoms with van der Waals surface area (Å²) in [7, 11) is 0. The molecule has 0 bridgehead atoms. The van der Waals surface area contributed by atoms with Crippen molar-refractivity contribution in [3.8, 4) is 5.75 Å². The Hall–Kier alpha value is -3.66. The predicted molar refractivity (Wildman–Crippen MR) is 164 cm³/mol. The molecule has 210 valence electrons. The van der Waals surface area contributed by atoms with Crippen LogP contribution in [-0.4, -0.2) is 33.6 Å². The number of ketones is 1. The van der Waals surface area contributed by atoms with Crippen molar-refractivity contribution in [2.75, 3.05) is 11.5 Å². The second-order valence-electron chi connectivity index (χ2n) is 9.54. The van der Waals surface area contributed by atoms with Crippen molar-refractivity contribution in [1.29, 1.82) is 0 Å². The molecule has 1 saturated heterocycles. The number of nitrogens with zero attached hydrogens (tertiary/aromatic N) is 3. The summed E-state index contributed by atoms with van der Waals surface area (Å²) < 4.78 is 6.54. The van der Waals surface area contributed by atoms with E-state index < -0.39 is 17.7 Å². The third-order valence-corrected chi connectivity index (χ3v) is 9.09. The summed E-state index contributed by atoms with van der Waals surface area (Å²) >= 11 is 8.95. The number of carbonyl (C=O) groups is 2. The zero-order chi connectivity index (χ0) is 28.9. The van der Waals surface area contributed by atoms with E-state index in [0.717, 1.165) is 24.0 Å². The first kappa shape index (κ1) is 28.9. The van der Waals surface area contributed by atoms with Gasteiger partial charge in [-0.25, -0.2) is 0 Å². The fraction of sp³-hybridized carbons (Fsp3) is 0.226. The molecule has 1 unspecified atom stereocenters. The first-order valence-electron chi connectivity index (χ1n) is 13.2. The van der Waals surface area contributed by atoms with Gasteiger partial charge in [-0.3, -0.25) is 14.5 Å². The van der Waals surface area contributed by atoms with Gasteiger partial charge in [0.1, 0.15) is 11.5 Å². The molecule has 2 heterocycles. The monoisotopic (exact) mass is 605 g/mol. The number of amides is 1. The average molecular weight is 606 g/mol. The van der Waals surface area contributed by atoms with Gasteiger partial charge in [-0.2, -0.15) is 0 Å². The summed E-state index contributed by atoms with van der Waals surface area (Å²) in [5, 5.41) is 20.9. The van der Waals surface area contributed by atoms with Crippen LogP contribution in [0.3, 0.4) is 0 Å². The van der Waals surface area contributed by atoms with E-state index in [2.05, 4.69) is 17.1 Å². The number of halogens is 1. The minimum atomic E-state index is -0.916. The van der Waals surface area contributed by atoms with Crippen molar-refractivity contribution < 1.29 is 19.4 Å². The Morgan fingerprint density at radius 3 is 2.61 bits per heavy atom. The third-order valence-electron chi connectivity index (χ3n) is 6.62. The molecule has 0 saturated carbocycles. The molecular formula is C31H28ClN3O4S2. The van der Waals surface area contributed by atoms with Gasteiger partial charge in [0.2, 0.25) is 5.13 Å². The summed E-state index contributed by atoms with van der Waals surface area (Å²) in [6, 6.07) is 21.0. The van der Waals surface area contributed by atoms with Crippen molar-refractivity contribution in [3.05, 3.63) is 106 Å². The minimum absolute atomic E-state index is 0.00923. The number of aliphatic hydroxyl groups is 1. The maximum atomic E-state index is 13.5. The molecule has 41 heavy (non-hydrogen) atoms. The van der Waals surface area contributed by atoms with E-state index in [1.54, 1.807) is 18.2 Å². The summed E-state index contributed by atoms with van der Waals surface area (Å²) in [5.74, 6) is -0.622. The number of Topliss-reactive ketones (excluding diaryl/α,β-unsaturated/α-hetero) is 1. The molecule has 1 aliphatic heterocycles. The Labute approximate surface area is 251 Å². The quantitative estimate of drug-likeness (QED) is 0.0497. The highest BCUT2D eigenvalue weighted by Crippen LogP contribution is 2.44. The van der Waals surface area contributed by atoms with E-state index in [-0.39, 0.29) is 16.5 Å². The van der Waals surface area contributed by atoms with Gasteiger partial charge >= 0.3 is 5.91 Å². The second-order valence-corrected chi connectivity index (χ2v) is 12.1. The molecule has 1 aliphatic rings. The Kier molecular flexibility index (Phi) is 9.07. The van der Waals surface area contributed by atoms with Crippen LogP contribution < -0.4 is 9.64 Å². The molecule has 10 heteroatoms. The van der Waals surface area contributed by atoms with Crippen LogP contribution in [0.4, 0.5) is 5.13 Å².